The van der Waals surface area contributed by atoms with Gasteiger partial charge in [-0.25, -0.2) is 4.39 Å². The van der Waals surface area contributed by atoms with Crippen molar-refractivity contribution in [3.63, 3.8) is 0 Å². The molecule has 0 unspecified atom stereocenters. The highest BCUT2D eigenvalue weighted by molar-refractivity contribution is 5.23. The molecule has 0 saturated carbocycles. The molecule has 1 radical (unpaired) electrons. The fourth-order valence-corrected chi connectivity index (χ4v) is 0.630. The van der Waals surface area contributed by atoms with E-state index in [1.54, 1.807) is 0 Å². The minimum absolute atomic E-state index is 0.0903. The second-order valence-electron chi connectivity index (χ2n) is 2.16. The summed E-state index contributed by atoms with van der Waals surface area (Å²) in [6.07, 6.45) is 0.0903. The summed E-state index contributed by atoms with van der Waals surface area (Å²) >= 11 is 0. The zero-order valence-corrected chi connectivity index (χ0v) is 5.15. The Morgan fingerprint density at radius 3 is 1.42 bits per heavy atom. The fourth-order valence-electron chi connectivity index (χ4n) is 0.630. The molecule has 0 amide bonds. The number of hydrogen-bond donors (Lipinski definition) is 0. The third-order valence-corrected chi connectivity index (χ3v) is 1.33. The summed E-state index contributed by atoms with van der Waals surface area (Å²) in [5.74, 6) is -19.4. The van der Waals surface area contributed by atoms with Gasteiger partial charge in [-0.1, -0.05) is 0 Å². The molecule has 1 aliphatic carbocycles. The van der Waals surface area contributed by atoms with Crippen LogP contribution in [0.2, 0.25) is 0 Å². The Balaban J connectivity index is 3.22. The molecule has 0 spiro atoms. The number of halogens is 7. The molecule has 0 N–H and O–H groups in total. The molecule has 0 aromatic rings. The minimum Gasteiger partial charge on any atom is -0.204 e. The van der Waals surface area contributed by atoms with Crippen LogP contribution in [-0.2, 0) is 0 Å². The van der Waals surface area contributed by atoms with Crippen LogP contribution >= 0.6 is 0 Å². The van der Waals surface area contributed by atoms with Gasteiger partial charge in [-0.15, -0.1) is 0 Å². The monoisotopic (exact) mass is 193 g/mol. The van der Waals surface area contributed by atoms with Gasteiger partial charge in [0.1, 0.15) is 0 Å². The van der Waals surface area contributed by atoms with Crippen LogP contribution in [-0.4, -0.2) is 17.8 Å². The first-order chi connectivity index (χ1) is 5.13. The Bertz CT molecular complexity index is 238. The van der Waals surface area contributed by atoms with Crippen molar-refractivity contribution < 1.29 is 30.7 Å². The first kappa shape index (κ1) is 9.34. The van der Waals surface area contributed by atoms with Crippen LogP contribution in [0, 0.1) is 6.08 Å². The summed E-state index contributed by atoms with van der Waals surface area (Å²) in [6, 6.07) is 0. The van der Waals surface area contributed by atoms with E-state index in [1.165, 1.54) is 0 Å². The smallest absolute Gasteiger partial charge is 0.204 e. The molecule has 7 heteroatoms. The minimum atomic E-state index is -5.73. The maximum atomic E-state index is 11.9. The Morgan fingerprint density at radius 1 is 0.917 bits per heavy atom. The number of allylic oxidation sites excluding steroid dienone is 2. The third-order valence-electron chi connectivity index (χ3n) is 1.33. The Kier molecular flexibility index (Phi) is 1.51. The number of alkyl halides is 6. The summed E-state index contributed by atoms with van der Waals surface area (Å²) in [5, 5.41) is 0. The lowest BCUT2D eigenvalue weighted by molar-refractivity contribution is -0.267. The molecular formula is C5F7. The highest BCUT2D eigenvalue weighted by atomic mass is 19.3. The van der Waals surface area contributed by atoms with Crippen molar-refractivity contribution in [3.05, 3.63) is 11.9 Å². The van der Waals surface area contributed by atoms with Gasteiger partial charge in [0.2, 0.25) is 0 Å². The van der Waals surface area contributed by atoms with Crippen LogP contribution in [0.3, 0.4) is 0 Å². The average Bonchev–Trinajstić information content (AvgIpc) is 1.92. The van der Waals surface area contributed by atoms with Crippen LogP contribution in [0.1, 0.15) is 0 Å². The molecule has 0 atom stereocenters. The first-order valence-corrected chi connectivity index (χ1v) is 2.57. The van der Waals surface area contributed by atoms with Crippen molar-refractivity contribution in [1.29, 1.82) is 0 Å². The van der Waals surface area contributed by atoms with Crippen molar-refractivity contribution in [1.82, 2.24) is 0 Å². The fraction of sp³-hybridized carbons (Fsp3) is 0.600. The van der Waals surface area contributed by atoms with Crippen LogP contribution in [0.5, 0.6) is 0 Å². The maximum absolute atomic E-state index is 11.9. The maximum Gasteiger partial charge on any atom is 0.383 e. The van der Waals surface area contributed by atoms with Gasteiger partial charge in [-0.3, -0.25) is 0 Å². The van der Waals surface area contributed by atoms with E-state index in [2.05, 4.69) is 0 Å². The van der Waals surface area contributed by atoms with Gasteiger partial charge in [0.15, 0.2) is 5.83 Å². The number of rotatable bonds is 0. The third kappa shape index (κ3) is 0.789. The van der Waals surface area contributed by atoms with Crippen molar-refractivity contribution in [2.24, 2.45) is 0 Å². The van der Waals surface area contributed by atoms with E-state index >= 15 is 0 Å². The van der Waals surface area contributed by atoms with Gasteiger partial charge < -0.3 is 0 Å². The molecule has 0 aromatic heterocycles. The van der Waals surface area contributed by atoms with E-state index in [4.69, 9.17) is 0 Å². The van der Waals surface area contributed by atoms with Crippen molar-refractivity contribution >= 4 is 0 Å². The van der Waals surface area contributed by atoms with E-state index in [0.29, 0.717) is 0 Å². The van der Waals surface area contributed by atoms with Gasteiger partial charge in [0, 0.05) is 0 Å². The average molecular weight is 193 g/mol. The molecule has 0 aromatic carbocycles. The van der Waals surface area contributed by atoms with Gasteiger partial charge in [-0.2, -0.15) is 26.3 Å². The highest BCUT2D eigenvalue weighted by Gasteiger charge is 2.78. The molecule has 0 aliphatic heterocycles. The van der Waals surface area contributed by atoms with Crippen molar-refractivity contribution in [2.75, 3.05) is 0 Å². The van der Waals surface area contributed by atoms with Gasteiger partial charge in [0.05, 0.1) is 6.08 Å². The predicted octanol–water partition coefficient (Wildman–Crippen LogP) is 2.56. The normalized spacial score (nSPS) is 30.1. The van der Waals surface area contributed by atoms with Crippen LogP contribution in [0.4, 0.5) is 30.7 Å². The molecule has 0 heterocycles. The molecule has 0 nitrogen and oxygen atoms in total. The predicted molar refractivity (Wildman–Crippen MR) is 22.7 cm³/mol. The SMILES string of the molecule is FC1=[C]C(F)(F)C(F)(F)C1(F)F. The second kappa shape index (κ2) is 1.94. The topological polar surface area (TPSA) is 0 Å². The lowest BCUT2D eigenvalue weighted by Crippen LogP contribution is -2.48. The van der Waals surface area contributed by atoms with Crippen LogP contribution in [0.25, 0.3) is 0 Å². The summed E-state index contributed by atoms with van der Waals surface area (Å²) in [4.78, 5) is 0. The number of hydrogen-bond acceptors (Lipinski definition) is 0. The summed E-state index contributed by atoms with van der Waals surface area (Å²) in [5.41, 5.74) is 0. The summed E-state index contributed by atoms with van der Waals surface area (Å²) in [6.45, 7) is 0. The quantitative estimate of drug-likeness (QED) is 0.518. The molecule has 0 bridgehead atoms. The lowest BCUT2D eigenvalue weighted by Gasteiger charge is -2.22. The Morgan fingerprint density at radius 2 is 1.33 bits per heavy atom. The zero-order valence-electron chi connectivity index (χ0n) is 5.15. The van der Waals surface area contributed by atoms with E-state index in [-0.39, 0.29) is 6.08 Å². The van der Waals surface area contributed by atoms with Crippen LogP contribution in [0.15, 0.2) is 5.83 Å². The molecule has 69 valence electrons. The summed E-state index contributed by atoms with van der Waals surface area (Å²) in [7, 11) is 0. The lowest BCUT2D eigenvalue weighted by atomic mass is 10.2. The van der Waals surface area contributed by atoms with E-state index in [9.17, 15) is 30.7 Å². The van der Waals surface area contributed by atoms with E-state index in [0.717, 1.165) is 0 Å². The molecule has 0 saturated heterocycles. The summed E-state index contributed by atoms with van der Waals surface area (Å²) < 4.78 is 83.2. The standard InChI is InChI=1S/C5F7/c6-2-1-3(7,8)5(11,12)4(2,9)10. The van der Waals surface area contributed by atoms with Crippen molar-refractivity contribution in [2.45, 2.75) is 17.8 Å². The van der Waals surface area contributed by atoms with E-state index in [1.807, 2.05) is 0 Å². The zero-order chi connectivity index (χ0) is 9.78. The van der Waals surface area contributed by atoms with Gasteiger partial charge >= 0.3 is 17.8 Å². The first-order valence-electron chi connectivity index (χ1n) is 2.57. The van der Waals surface area contributed by atoms with Gasteiger partial charge in [0.25, 0.3) is 0 Å². The Hall–Kier alpha value is -0.750. The van der Waals surface area contributed by atoms with Crippen molar-refractivity contribution in [3.8, 4) is 0 Å². The van der Waals surface area contributed by atoms with E-state index < -0.39 is 23.6 Å². The van der Waals surface area contributed by atoms with Gasteiger partial charge in [-0.05, 0) is 0 Å². The van der Waals surface area contributed by atoms with Crippen LogP contribution < -0.4 is 0 Å². The Labute approximate surface area is 61.7 Å². The molecular weight excluding hydrogens is 193 g/mol. The molecule has 0 fully saturated rings. The molecule has 1 aliphatic rings. The molecule has 1 rings (SSSR count). The highest BCUT2D eigenvalue weighted by Crippen LogP contribution is 2.55. The molecule has 12 heavy (non-hydrogen) atoms. The second-order valence-corrected chi connectivity index (χ2v) is 2.16. The largest absolute Gasteiger partial charge is 0.383 e.